The predicted molar refractivity (Wildman–Crippen MR) is 137 cm³/mol. The molecule has 1 N–H and O–H groups in total. The lowest BCUT2D eigenvalue weighted by molar-refractivity contribution is -0.385. The molecular weight excluding hydrogens is 498 g/mol. The van der Waals surface area contributed by atoms with E-state index in [0.29, 0.717) is 34.7 Å². The van der Waals surface area contributed by atoms with Crippen LogP contribution in [0.2, 0.25) is 0 Å². The zero-order valence-electron chi connectivity index (χ0n) is 20.5. The number of nitro groups is 1. The summed E-state index contributed by atoms with van der Waals surface area (Å²) in [5.41, 5.74) is 0.536. The number of benzene rings is 2. The molecule has 192 valence electrons. The highest BCUT2D eigenvalue weighted by atomic mass is 32.1. The van der Waals surface area contributed by atoms with Crippen molar-refractivity contribution >= 4 is 29.1 Å². The van der Waals surface area contributed by atoms with Crippen molar-refractivity contribution in [1.82, 2.24) is 4.57 Å². The average Bonchev–Trinajstić information content (AvgIpc) is 3.19. The minimum atomic E-state index is -0.867. The molecule has 10 nitrogen and oxygen atoms in total. The van der Waals surface area contributed by atoms with E-state index >= 15 is 0 Å². The SMILES string of the molecule is CCCC1=C(C(=O)OCC)C(c2ccccc2OC)n2c(s/c(=C/c3cccc([N+](=O)[O-])c3O)c2=O)=N1. The van der Waals surface area contributed by atoms with Gasteiger partial charge in [-0.1, -0.05) is 55.0 Å². The molecule has 0 saturated carbocycles. The topological polar surface area (TPSA) is 133 Å². The van der Waals surface area contributed by atoms with Crippen LogP contribution in [0.25, 0.3) is 6.08 Å². The highest BCUT2D eigenvalue weighted by molar-refractivity contribution is 7.07. The molecule has 1 atom stereocenters. The summed E-state index contributed by atoms with van der Waals surface area (Å²) >= 11 is 1.07. The fourth-order valence-corrected chi connectivity index (χ4v) is 5.27. The fraction of sp³-hybridized carbons (Fsp3) is 0.269. The van der Waals surface area contributed by atoms with E-state index in [1.165, 1.54) is 36.0 Å². The number of nitrogens with zero attached hydrogens (tertiary/aromatic N) is 3. The Bertz CT molecular complexity index is 1590. The zero-order chi connectivity index (χ0) is 26.7. The number of thiazole rings is 1. The summed E-state index contributed by atoms with van der Waals surface area (Å²) in [6.45, 7) is 3.82. The second-order valence-corrected chi connectivity index (χ2v) is 9.14. The Morgan fingerprint density at radius 3 is 2.68 bits per heavy atom. The number of hydrogen-bond donors (Lipinski definition) is 1. The van der Waals surface area contributed by atoms with E-state index in [-0.39, 0.29) is 22.3 Å². The van der Waals surface area contributed by atoms with E-state index in [1.54, 1.807) is 31.2 Å². The largest absolute Gasteiger partial charge is 0.502 e. The molecule has 0 amide bonds. The lowest BCUT2D eigenvalue weighted by Crippen LogP contribution is -2.40. The summed E-state index contributed by atoms with van der Waals surface area (Å²) < 4.78 is 12.5. The predicted octanol–water partition coefficient (Wildman–Crippen LogP) is 3.20. The van der Waals surface area contributed by atoms with Crippen molar-refractivity contribution in [3.8, 4) is 11.5 Å². The lowest BCUT2D eigenvalue weighted by Gasteiger charge is -2.26. The van der Waals surface area contributed by atoms with Crippen molar-refractivity contribution < 1.29 is 24.3 Å². The van der Waals surface area contributed by atoms with Crippen molar-refractivity contribution in [2.75, 3.05) is 13.7 Å². The molecule has 11 heteroatoms. The van der Waals surface area contributed by atoms with Crippen LogP contribution < -0.4 is 19.6 Å². The second-order valence-electron chi connectivity index (χ2n) is 8.13. The first-order valence-corrected chi connectivity index (χ1v) is 12.4. The number of fused-ring (bicyclic) bond motifs is 1. The van der Waals surface area contributed by atoms with Gasteiger partial charge in [-0.25, -0.2) is 9.79 Å². The first-order valence-electron chi connectivity index (χ1n) is 11.6. The Labute approximate surface area is 215 Å². The highest BCUT2D eigenvalue weighted by Crippen LogP contribution is 2.37. The third-order valence-corrected chi connectivity index (χ3v) is 6.84. The Kier molecular flexibility index (Phi) is 7.53. The number of phenolic OH excluding ortho intramolecular Hbond substituents is 1. The first kappa shape index (κ1) is 25.8. The summed E-state index contributed by atoms with van der Waals surface area (Å²) in [4.78, 5) is 42.6. The van der Waals surface area contributed by atoms with Crippen LogP contribution in [0.15, 0.2) is 63.5 Å². The molecule has 1 aliphatic rings. The number of carbonyl (C=O) groups excluding carboxylic acids is 1. The van der Waals surface area contributed by atoms with Gasteiger partial charge in [0.15, 0.2) is 4.80 Å². The summed E-state index contributed by atoms with van der Waals surface area (Å²) in [6.07, 6.45) is 2.58. The van der Waals surface area contributed by atoms with E-state index < -0.39 is 33.9 Å². The molecule has 1 aliphatic heterocycles. The van der Waals surface area contributed by atoms with Crippen LogP contribution in [-0.4, -0.2) is 34.3 Å². The summed E-state index contributed by atoms with van der Waals surface area (Å²) in [6, 6.07) is 10.3. The Morgan fingerprint density at radius 2 is 2.00 bits per heavy atom. The van der Waals surface area contributed by atoms with Gasteiger partial charge in [-0.3, -0.25) is 19.5 Å². The maximum Gasteiger partial charge on any atom is 0.338 e. The lowest BCUT2D eigenvalue weighted by atomic mass is 9.93. The number of aromatic hydroxyl groups is 1. The summed E-state index contributed by atoms with van der Waals surface area (Å²) in [5.74, 6) is -0.632. The van der Waals surface area contributed by atoms with Crippen LogP contribution in [0.4, 0.5) is 5.69 Å². The van der Waals surface area contributed by atoms with Gasteiger partial charge in [-0.15, -0.1) is 0 Å². The number of nitro benzene ring substituents is 1. The molecule has 0 bridgehead atoms. The van der Waals surface area contributed by atoms with Gasteiger partial charge in [0.05, 0.1) is 34.4 Å². The minimum Gasteiger partial charge on any atom is -0.502 e. The molecule has 1 aromatic heterocycles. The number of aromatic nitrogens is 1. The van der Waals surface area contributed by atoms with Crippen LogP contribution in [0.1, 0.15) is 43.9 Å². The zero-order valence-corrected chi connectivity index (χ0v) is 21.3. The second kappa shape index (κ2) is 10.8. The van der Waals surface area contributed by atoms with E-state index in [1.807, 2.05) is 6.92 Å². The Balaban J connectivity index is 2.04. The molecule has 0 spiro atoms. The first-order chi connectivity index (χ1) is 17.8. The number of phenols is 1. The standard InChI is InChI=1S/C26H25N3O7S/c1-4-9-17-21(25(32)36-5-2)22(16-11-6-7-13-19(16)35-3)28-24(31)20(37-26(28)27-17)14-15-10-8-12-18(23(15)30)29(33)34/h6-8,10-14,22,30H,4-5,9H2,1-3H3/b20-14+. The summed E-state index contributed by atoms with van der Waals surface area (Å²) in [5, 5.41) is 21.7. The monoisotopic (exact) mass is 523 g/mol. The van der Waals surface area contributed by atoms with Gasteiger partial charge in [-0.05, 0) is 25.5 Å². The third-order valence-electron chi connectivity index (χ3n) is 5.85. The number of hydrogen-bond acceptors (Lipinski definition) is 9. The molecule has 4 rings (SSSR count). The third kappa shape index (κ3) is 4.77. The van der Waals surface area contributed by atoms with Crippen molar-refractivity contribution in [2.45, 2.75) is 32.7 Å². The van der Waals surface area contributed by atoms with Gasteiger partial charge in [0.1, 0.15) is 11.8 Å². The van der Waals surface area contributed by atoms with Gasteiger partial charge < -0.3 is 14.6 Å². The molecule has 0 radical (unpaired) electrons. The molecule has 0 saturated heterocycles. The van der Waals surface area contributed by atoms with E-state index in [9.17, 15) is 24.8 Å². The molecular formula is C26H25N3O7S. The maximum absolute atomic E-state index is 13.8. The minimum absolute atomic E-state index is 0.117. The smallest absolute Gasteiger partial charge is 0.338 e. The normalized spacial score (nSPS) is 15.2. The van der Waals surface area contributed by atoms with Crippen molar-refractivity contribution in [3.05, 3.63) is 94.7 Å². The van der Waals surface area contributed by atoms with Crippen molar-refractivity contribution in [3.63, 3.8) is 0 Å². The van der Waals surface area contributed by atoms with Crippen molar-refractivity contribution in [1.29, 1.82) is 0 Å². The average molecular weight is 524 g/mol. The van der Waals surface area contributed by atoms with Crippen LogP contribution >= 0.6 is 11.3 Å². The number of para-hydroxylation sites is 2. The van der Waals surface area contributed by atoms with Gasteiger partial charge in [0.2, 0.25) is 5.75 Å². The van der Waals surface area contributed by atoms with Crippen LogP contribution in [0.3, 0.4) is 0 Å². The molecule has 3 aromatic rings. The molecule has 2 aromatic carbocycles. The number of esters is 1. The highest BCUT2D eigenvalue weighted by Gasteiger charge is 2.35. The van der Waals surface area contributed by atoms with Gasteiger partial charge in [-0.2, -0.15) is 0 Å². The van der Waals surface area contributed by atoms with Gasteiger partial charge >= 0.3 is 11.7 Å². The molecule has 0 aliphatic carbocycles. The number of allylic oxidation sites excluding steroid dienone is 1. The number of ether oxygens (including phenoxy) is 2. The van der Waals surface area contributed by atoms with Crippen LogP contribution in [0.5, 0.6) is 11.5 Å². The van der Waals surface area contributed by atoms with E-state index in [4.69, 9.17) is 9.47 Å². The van der Waals surface area contributed by atoms with E-state index in [2.05, 4.69) is 4.99 Å². The molecule has 1 unspecified atom stereocenters. The van der Waals surface area contributed by atoms with E-state index in [0.717, 1.165) is 11.3 Å². The number of carbonyl (C=O) groups is 1. The van der Waals surface area contributed by atoms with Crippen LogP contribution in [0, 0.1) is 10.1 Å². The fourth-order valence-electron chi connectivity index (χ4n) is 4.26. The van der Waals surface area contributed by atoms with Gasteiger partial charge in [0.25, 0.3) is 5.56 Å². The number of methoxy groups -OCH3 is 1. The van der Waals surface area contributed by atoms with Gasteiger partial charge in [0, 0.05) is 17.2 Å². The van der Waals surface area contributed by atoms with Crippen LogP contribution in [-0.2, 0) is 9.53 Å². The quantitative estimate of drug-likeness (QED) is 0.272. The summed E-state index contributed by atoms with van der Waals surface area (Å²) in [7, 11) is 1.51. The Hall–Kier alpha value is -4.25. The maximum atomic E-state index is 13.8. The van der Waals surface area contributed by atoms with Crippen molar-refractivity contribution in [2.24, 2.45) is 4.99 Å². The molecule has 2 heterocycles. The molecule has 37 heavy (non-hydrogen) atoms. The Morgan fingerprint density at radius 1 is 1.24 bits per heavy atom. The number of rotatable bonds is 8. The molecule has 0 fully saturated rings.